The fraction of sp³-hybridized carbons (Fsp3) is 1.00. The van der Waals surface area contributed by atoms with Crippen LogP contribution in [0.25, 0.3) is 0 Å². The van der Waals surface area contributed by atoms with Crippen LogP contribution in [0.5, 0.6) is 0 Å². The van der Waals surface area contributed by atoms with Gasteiger partial charge in [-0.25, -0.2) is 4.39 Å². The summed E-state index contributed by atoms with van der Waals surface area (Å²) in [7, 11) is 1.97. The van der Waals surface area contributed by atoms with Gasteiger partial charge >= 0.3 is 0 Å². The van der Waals surface area contributed by atoms with E-state index >= 15 is 0 Å². The molecule has 1 heterocycles. The topological polar surface area (TPSA) is 23.5 Å². The maximum absolute atomic E-state index is 12.8. The summed E-state index contributed by atoms with van der Waals surface area (Å²) in [6.45, 7) is 1.69. The minimum atomic E-state index is -0.949. The highest BCUT2D eigenvalue weighted by Gasteiger charge is 2.54. The average molecular weight is 145 g/mol. The fourth-order valence-electron chi connectivity index (χ4n) is 2.11. The van der Waals surface area contributed by atoms with Crippen LogP contribution in [0.3, 0.4) is 0 Å². The molecule has 2 nitrogen and oxygen atoms in total. The number of hydrogen-bond donors (Lipinski definition) is 1. The van der Waals surface area contributed by atoms with Gasteiger partial charge in [0.2, 0.25) is 0 Å². The molecule has 3 heteroatoms. The average Bonchev–Trinajstić information content (AvgIpc) is 2.27. The number of aliphatic hydroxyl groups is 1. The molecule has 1 saturated carbocycles. The Morgan fingerprint density at radius 2 is 2.00 bits per heavy atom. The van der Waals surface area contributed by atoms with Crippen LogP contribution in [0.1, 0.15) is 0 Å². The first-order valence-corrected chi connectivity index (χ1v) is 3.71. The number of fused-ring (bicyclic) bond motifs is 1. The molecule has 4 atom stereocenters. The van der Waals surface area contributed by atoms with E-state index in [4.69, 9.17) is 5.11 Å². The molecule has 1 aliphatic carbocycles. The van der Waals surface area contributed by atoms with Crippen molar-refractivity contribution in [3.63, 3.8) is 0 Å². The van der Waals surface area contributed by atoms with Crippen molar-refractivity contribution in [2.24, 2.45) is 11.8 Å². The van der Waals surface area contributed by atoms with Gasteiger partial charge in [-0.15, -0.1) is 0 Å². The van der Waals surface area contributed by atoms with E-state index in [1.807, 2.05) is 7.05 Å². The first-order valence-electron chi connectivity index (χ1n) is 3.71. The van der Waals surface area contributed by atoms with Crippen LogP contribution in [0.2, 0.25) is 0 Å². The zero-order chi connectivity index (χ0) is 7.30. The Hall–Kier alpha value is -0.150. The highest BCUT2D eigenvalue weighted by atomic mass is 19.1. The molecular weight excluding hydrogens is 133 g/mol. The number of nitrogens with zero attached hydrogens (tertiary/aromatic N) is 1. The van der Waals surface area contributed by atoms with E-state index in [1.165, 1.54) is 0 Å². The molecule has 58 valence electrons. The van der Waals surface area contributed by atoms with Gasteiger partial charge in [-0.2, -0.15) is 0 Å². The van der Waals surface area contributed by atoms with Crippen LogP contribution in [0.4, 0.5) is 4.39 Å². The van der Waals surface area contributed by atoms with Crippen molar-refractivity contribution < 1.29 is 9.50 Å². The summed E-state index contributed by atoms with van der Waals surface area (Å²) in [4.78, 5) is 2.08. The van der Waals surface area contributed by atoms with Crippen molar-refractivity contribution in [1.29, 1.82) is 0 Å². The predicted octanol–water partition coefficient (Wildman–Crippen LogP) is -0.123. The van der Waals surface area contributed by atoms with E-state index in [-0.39, 0.29) is 11.8 Å². The van der Waals surface area contributed by atoms with Gasteiger partial charge in [-0.3, -0.25) is 0 Å². The molecule has 2 aliphatic rings. The van der Waals surface area contributed by atoms with Crippen LogP contribution in [0.15, 0.2) is 0 Å². The van der Waals surface area contributed by atoms with Crippen molar-refractivity contribution in [2.45, 2.75) is 12.3 Å². The number of alkyl halides is 1. The molecule has 1 saturated heterocycles. The van der Waals surface area contributed by atoms with Gasteiger partial charge in [0.1, 0.15) is 6.17 Å². The molecule has 0 aromatic rings. The Bertz CT molecular complexity index is 137. The minimum Gasteiger partial charge on any atom is -0.390 e. The first-order chi connectivity index (χ1) is 4.70. The number of rotatable bonds is 0. The number of halogens is 1. The number of hydrogen-bond acceptors (Lipinski definition) is 2. The lowest BCUT2D eigenvalue weighted by Crippen LogP contribution is -2.52. The van der Waals surface area contributed by atoms with Gasteiger partial charge in [-0.05, 0) is 7.05 Å². The van der Waals surface area contributed by atoms with Gasteiger partial charge < -0.3 is 10.0 Å². The van der Waals surface area contributed by atoms with E-state index in [1.54, 1.807) is 0 Å². The summed E-state index contributed by atoms with van der Waals surface area (Å²) in [6.07, 6.45) is -1.62. The van der Waals surface area contributed by atoms with Gasteiger partial charge in [0, 0.05) is 24.9 Å². The van der Waals surface area contributed by atoms with Crippen LogP contribution in [0, 0.1) is 11.8 Å². The Morgan fingerprint density at radius 1 is 1.40 bits per heavy atom. The smallest absolute Gasteiger partial charge is 0.131 e. The highest BCUT2D eigenvalue weighted by Crippen LogP contribution is 2.42. The van der Waals surface area contributed by atoms with E-state index in [9.17, 15) is 4.39 Å². The SMILES string of the molecule is CN1CC2C(O)C(F)C2C1. The second kappa shape index (κ2) is 1.92. The van der Waals surface area contributed by atoms with Crippen LogP contribution < -0.4 is 0 Å². The largest absolute Gasteiger partial charge is 0.390 e. The third-order valence-corrected chi connectivity index (χ3v) is 2.77. The Kier molecular flexibility index (Phi) is 1.26. The summed E-state index contributed by atoms with van der Waals surface area (Å²) >= 11 is 0. The summed E-state index contributed by atoms with van der Waals surface area (Å²) in [5, 5.41) is 9.10. The van der Waals surface area contributed by atoms with Gasteiger partial charge in [0.25, 0.3) is 0 Å². The molecule has 0 aromatic heterocycles. The van der Waals surface area contributed by atoms with E-state index in [2.05, 4.69) is 4.90 Å². The van der Waals surface area contributed by atoms with E-state index < -0.39 is 12.3 Å². The fourth-order valence-corrected chi connectivity index (χ4v) is 2.11. The number of likely N-dealkylation sites (tertiary alicyclic amines) is 1. The Morgan fingerprint density at radius 3 is 2.60 bits per heavy atom. The van der Waals surface area contributed by atoms with Crippen LogP contribution in [-0.2, 0) is 0 Å². The van der Waals surface area contributed by atoms with Crippen molar-refractivity contribution in [1.82, 2.24) is 4.90 Å². The molecular formula is C7H12FNO. The third kappa shape index (κ3) is 0.648. The van der Waals surface area contributed by atoms with Crippen molar-refractivity contribution >= 4 is 0 Å². The van der Waals surface area contributed by atoms with Crippen molar-refractivity contribution in [3.05, 3.63) is 0 Å². The summed E-state index contributed by atoms with van der Waals surface area (Å²) in [6, 6.07) is 0. The molecule has 1 aliphatic heterocycles. The zero-order valence-electron chi connectivity index (χ0n) is 6.00. The summed E-state index contributed by atoms with van der Waals surface area (Å²) in [5.74, 6) is 0.347. The molecule has 0 spiro atoms. The molecule has 10 heavy (non-hydrogen) atoms. The van der Waals surface area contributed by atoms with Gasteiger partial charge in [-0.1, -0.05) is 0 Å². The predicted molar refractivity (Wildman–Crippen MR) is 35.4 cm³/mol. The Labute approximate surface area is 59.6 Å². The van der Waals surface area contributed by atoms with Crippen molar-refractivity contribution in [2.75, 3.05) is 20.1 Å². The maximum Gasteiger partial charge on any atom is 0.131 e. The zero-order valence-corrected chi connectivity index (χ0v) is 6.00. The summed E-state index contributed by atoms with van der Waals surface area (Å²) in [5.41, 5.74) is 0. The van der Waals surface area contributed by atoms with Crippen LogP contribution in [-0.4, -0.2) is 42.4 Å². The second-order valence-electron chi connectivity index (χ2n) is 3.48. The number of aliphatic hydroxyl groups excluding tert-OH is 1. The molecule has 1 N–H and O–H groups in total. The highest BCUT2D eigenvalue weighted by molar-refractivity contribution is 5.03. The van der Waals surface area contributed by atoms with Gasteiger partial charge in [0.05, 0.1) is 6.10 Å². The molecule has 4 unspecified atom stereocenters. The monoisotopic (exact) mass is 145 g/mol. The lowest BCUT2D eigenvalue weighted by Gasteiger charge is -2.39. The molecule has 0 bridgehead atoms. The van der Waals surface area contributed by atoms with Crippen molar-refractivity contribution in [3.8, 4) is 0 Å². The normalized spacial score (nSPS) is 54.3. The molecule has 2 rings (SSSR count). The minimum absolute atomic E-state index is 0.125. The molecule has 2 fully saturated rings. The van der Waals surface area contributed by atoms with E-state index in [0.717, 1.165) is 13.1 Å². The maximum atomic E-state index is 12.8. The lowest BCUT2D eigenvalue weighted by atomic mass is 9.72. The third-order valence-electron chi connectivity index (χ3n) is 2.77. The molecule has 0 radical (unpaired) electrons. The summed E-state index contributed by atoms with van der Waals surface area (Å²) < 4.78 is 12.8. The van der Waals surface area contributed by atoms with E-state index in [0.29, 0.717) is 0 Å². The Balaban J connectivity index is 2.04. The standard InChI is InChI=1S/C7H12FNO/c1-9-2-4-5(3-9)7(10)6(4)8/h4-7,10H,2-3H2,1H3. The quantitative estimate of drug-likeness (QED) is 0.513. The lowest BCUT2D eigenvalue weighted by molar-refractivity contribution is -0.0903. The molecule has 0 aromatic carbocycles. The second-order valence-corrected chi connectivity index (χ2v) is 3.48. The molecule has 0 amide bonds. The first kappa shape index (κ1) is 6.55. The van der Waals surface area contributed by atoms with Gasteiger partial charge in [0.15, 0.2) is 0 Å². The van der Waals surface area contributed by atoms with Crippen LogP contribution >= 0.6 is 0 Å².